The number of urea groups is 1. The van der Waals surface area contributed by atoms with Crippen LogP contribution in [-0.2, 0) is 10.9 Å². The lowest BCUT2D eigenvalue weighted by Crippen LogP contribution is -2.41. The van der Waals surface area contributed by atoms with Crippen LogP contribution in [0.2, 0.25) is 0 Å². The summed E-state index contributed by atoms with van der Waals surface area (Å²) in [5.74, 6) is -0.618. The van der Waals surface area contributed by atoms with Crippen LogP contribution in [0, 0.1) is 0 Å². The smallest absolute Gasteiger partial charge is 0.434 e. The van der Waals surface area contributed by atoms with Crippen LogP contribution in [0.5, 0.6) is 0 Å². The number of halogens is 3. The second kappa shape index (κ2) is 16.1. The fourth-order valence-electron chi connectivity index (χ4n) is 6.24. The number of amides is 2. The third-order valence-electron chi connectivity index (χ3n) is 8.85. The molecule has 4 aromatic rings. The van der Waals surface area contributed by atoms with Crippen molar-refractivity contribution in [1.82, 2.24) is 29.7 Å². The van der Waals surface area contributed by atoms with E-state index in [1.165, 1.54) is 12.3 Å². The van der Waals surface area contributed by atoms with Gasteiger partial charge in [-0.1, -0.05) is 19.9 Å². The Balaban J connectivity index is 1.62. The Bertz CT molecular complexity index is 1890. The number of likely N-dealkylation sites (N-methyl/N-ethyl adjacent to an activating group) is 1. The first-order valence-corrected chi connectivity index (χ1v) is 17.7. The highest BCUT2D eigenvalue weighted by Crippen LogP contribution is 2.39. The first kappa shape index (κ1) is 36.9. The predicted molar refractivity (Wildman–Crippen MR) is 189 cm³/mol. The van der Waals surface area contributed by atoms with E-state index in [1.54, 1.807) is 38.2 Å². The summed E-state index contributed by atoms with van der Waals surface area (Å²) in [7, 11) is 0. The summed E-state index contributed by atoms with van der Waals surface area (Å²) in [4.78, 5) is 52.3. The number of carbonyl (C=O) groups excluding carboxylic acids is 2. The van der Waals surface area contributed by atoms with Crippen molar-refractivity contribution in [2.45, 2.75) is 52.8 Å². The maximum absolute atomic E-state index is 13.9. The molecular weight excluding hydrogens is 671 g/mol. The van der Waals surface area contributed by atoms with Gasteiger partial charge in [0.2, 0.25) is 5.43 Å². The second-order valence-corrected chi connectivity index (χ2v) is 12.8. The van der Waals surface area contributed by atoms with Crippen LogP contribution in [0.25, 0.3) is 32.6 Å². The lowest BCUT2D eigenvalue weighted by atomic mass is 9.98. The van der Waals surface area contributed by atoms with Crippen molar-refractivity contribution in [2.24, 2.45) is 0 Å². The van der Waals surface area contributed by atoms with Gasteiger partial charge in [-0.25, -0.2) is 19.6 Å². The van der Waals surface area contributed by atoms with Crippen molar-refractivity contribution in [3.05, 3.63) is 63.5 Å². The standard InChI is InChI=1S/C35H42F3N7O4S/c1-5-39-34(48)42-30-17-24(32-41-29(21-50-32)35(36,37)38)26(18-40-30)22-11-12-28-25(16-22)31(46)27(33(47)49-8-4)20-45(28)23-10-9-13-44(19-23)15-14-43(6-2)7-3/h11-12,16-18,20-21,23H,5-10,13-15,19H2,1-4H3,(H2,39,40,42,48)/t23-/m1/s1. The van der Waals surface area contributed by atoms with Gasteiger partial charge in [-0.3, -0.25) is 10.1 Å². The van der Waals surface area contributed by atoms with Crippen LogP contribution < -0.4 is 16.1 Å². The Hall–Kier alpha value is -4.34. The van der Waals surface area contributed by atoms with Crippen LogP contribution in [0.15, 0.2) is 46.8 Å². The number of ether oxygens (including phenoxy) is 1. The molecule has 15 heteroatoms. The van der Waals surface area contributed by atoms with Crippen molar-refractivity contribution in [3.63, 3.8) is 0 Å². The molecule has 1 aromatic carbocycles. The van der Waals surface area contributed by atoms with Gasteiger partial charge in [0.25, 0.3) is 0 Å². The van der Waals surface area contributed by atoms with Gasteiger partial charge in [-0.2, -0.15) is 13.2 Å². The maximum atomic E-state index is 13.9. The SMILES string of the molecule is CCNC(=O)Nc1cc(-c2nc(C(F)(F)F)cs2)c(-c2ccc3c(c2)c(=O)c(C(=O)OCC)cn3[C@@H]2CCCN(CCN(CC)CC)C2)cn1. The van der Waals surface area contributed by atoms with Gasteiger partial charge in [0.1, 0.15) is 16.4 Å². The number of alkyl halides is 3. The topological polar surface area (TPSA) is 122 Å². The predicted octanol–water partition coefficient (Wildman–Crippen LogP) is 6.50. The van der Waals surface area contributed by atoms with Gasteiger partial charge < -0.3 is 24.4 Å². The molecule has 4 heterocycles. The Morgan fingerprint density at radius 2 is 1.90 bits per heavy atom. The Morgan fingerprint density at radius 3 is 2.58 bits per heavy atom. The van der Waals surface area contributed by atoms with Crippen molar-refractivity contribution < 1.29 is 27.5 Å². The Morgan fingerprint density at radius 1 is 1.12 bits per heavy atom. The normalized spacial score (nSPS) is 15.4. The molecule has 1 saturated heterocycles. The summed E-state index contributed by atoms with van der Waals surface area (Å²) >= 11 is 0.803. The van der Waals surface area contributed by atoms with Crippen LogP contribution in [0.3, 0.4) is 0 Å². The fraction of sp³-hybridized carbons (Fsp3) is 0.457. The van der Waals surface area contributed by atoms with E-state index in [0.717, 1.165) is 68.8 Å². The average Bonchev–Trinajstić information content (AvgIpc) is 3.61. The van der Waals surface area contributed by atoms with Gasteiger partial charge in [0.15, 0.2) is 5.69 Å². The molecule has 1 fully saturated rings. The van der Waals surface area contributed by atoms with Crippen molar-refractivity contribution in [3.8, 4) is 21.7 Å². The number of nitrogens with zero attached hydrogens (tertiary/aromatic N) is 5. The van der Waals surface area contributed by atoms with Crippen molar-refractivity contribution in [2.75, 3.05) is 57.7 Å². The lowest BCUT2D eigenvalue weighted by molar-refractivity contribution is -0.140. The molecule has 5 rings (SSSR count). The molecule has 2 N–H and O–H groups in total. The number of hydrogen-bond donors (Lipinski definition) is 2. The highest BCUT2D eigenvalue weighted by Gasteiger charge is 2.34. The molecular formula is C35H42F3N7O4S. The fourth-order valence-corrected chi connectivity index (χ4v) is 7.10. The number of esters is 1. The third kappa shape index (κ3) is 8.33. The van der Waals surface area contributed by atoms with E-state index in [9.17, 15) is 27.6 Å². The van der Waals surface area contributed by atoms with Gasteiger partial charge in [0, 0.05) is 66.5 Å². The zero-order valence-electron chi connectivity index (χ0n) is 28.6. The number of hydrogen-bond acceptors (Lipinski definition) is 9. The summed E-state index contributed by atoms with van der Waals surface area (Å²) < 4.78 is 48.0. The van der Waals surface area contributed by atoms with E-state index in [-0.39, 0.29) is 40.0 Å². The molecule has 0 radical (unpaired) electrons. The van der Waals surface area contributed by atoms with E-state index in [0.29, 0.717) is 23.2 Å². The molecule has 1 aliphatic rings. The Kier molecular flexibility index (Phi) is 11.9. The number of aromatic nitrogens is 3. The summed E-state index contributed by atoms with van der Waals surface area (Å²) in [6.45, 7) is 13.6. The zero-order chi connectivity index (χ0) is 36.0. The molecule has 0 spiro atoms. The number of anilines is 1. The highest BCUT2D eigenvalue weighted by molar-refractivity contribution is 7.13. The molecule has 0 aliphatic carbocycles. The van der Waals surface area contributed by atoms with E-state index in [4.69, 9.17) is 4.74 Å². The minimum atomic E-state index is -4.65. The summed E-state index contributed by atoms with van der Waals surface area (Å²) in [6.07, 6.45) is 0.174. The minimum Gasteiger partial charge on any atom is -0.462 e. The molecule has 11 nitrogen and oxygen atoms in total. The summed E-state index contributed by atoms with van der Waals surface area (Å²) in [5.41, 5.74) is 0.128. The Labute approximate surface area is 292 Å². The maximum Gasteiger partial charge on any atom is 0.434 e. The number of likely N-dealkylation sites (tertiary alicyclic amines) is 1. The molecule has 1 atom stereocenters. The van der Waals surface area contributed by atoms with E-state index >= 15 is 0 Å². The number of nitrogens with one attached hydrogen (secondary N) is 2. The molecule has 0 saturated carbocycles. The quantitative estimate of drug-likeness (QED) is 0.160. The van der Waals surface area contributed by atoms with Crippen LogP contribution >= 0.6 is 11.3 Å². The molecule has 0 bridgehead atoms. The minimum absolute atomic E-state index is 0.0180. The number of piperidine rings is 1. The van der Waals surface area contributed by atoms with Crippen LogP contribution in [0.4, 0.5) is 23.8 Å². The third-order valence-corrected chi connectivity index (χ3v) is 9.72. The van der Waals surface area contributed by atoms with Gasteiger partial charge in [0.05, 0.1) is 12.1 Å². The number of pyridine rings is 2. The lowest BCUT2D eigenvalue weighted by Gasteiger charge is -2.36. The number of fused-ring (bicyclic) bond motifs is 1. The molecule has 2 amide bonds. The van der Waals surface area contributed by atoms with E-state index < -0.39 is 29.3 Å². The van der Waals surface area contributed by atoms with E-state index in [1.807, 2.05) is 4.57 Å². The number of rotatable bonds is 12. The highest BCUT2D eigenvalue weighted by atomic mass is 32.1. The van der Waals surface area contributed by atoms with Gasteiger partial charge in [-0.15, -0.1) is 11.3 Å². The molecule has 0 unspecified atom stereocenters. The second-order valence-electron chi connectivity index (χ2n) is 12.0. The summed E-state index contributed by atoms with van der Waals surface area (Å²) in [6, 6.07) is 6.11. The van der Waals surface area contributed by atoms with E-state index in [2.05, 4.69) is 44.2 Å². The van der Waals surface area contributed by atoms with Crippen LogP contribution in [-0.4, -0.2) is 88.8 Å². The first-order chi connectivity index (χ1) is 24.0. The molecule has 3 aromatic heterocycles. The molecule has 1 aliphatic heterocycles. The average molecular weight is 714 g/mol. The summed E-state index contributed by atoms with van der Waals surface area (Å²) in [5, 5.41) is 6.43. The number of thiazole rings is 1. The van der Waals surface area contributed by atoms with Gasteiger partial charge in [-0.05, 0) is 70.1 Å². The first-order valence-electron chi connectivity index (χ1n) is 16.9. The molecule has 50 heavy (non-hydrogen) atoms. The van der Waals surface area contributed by atoms with Crippen LogP contribution in [0.1, 0.15) is 62.6 Å². The number of benzene rings is 1. The molecule has 268 valence electrons. The monoisotopic (exact) mass is 713 g/mol. The zero-order valence-corrected chi connectivity index (χ0v) is 29.4. The van der Waals surface area contributed by atoms with Crippen molar-refractivity contribution in [1.29, 1.82) is 0 Å². The largest absolute Gasteiger partial charge is 0.462 e. The van der Waals surface area contributed by atoms with Gasteiger partial charge >= 0.3 is 18.2 Å². The number of carbonyl (C=O) groups is 2. The van der Waals surface area contributed by atoms with Crippen molar-refractivity contribution >= 4 is 40.1 Å².